The summed E-state index contributed by atoms with van der Waals surface area (Å²) in [5.74, 6) is -0.0470. The van der Waals surface area contributed by atoms with E-state index >= 15 is 0 Å². The maximum absolute atomic E-state index is 12.2. The Morgan fingerprint density at radius 2 is 1.95 bits per heavy atom. The van der Waals surface area contributed by atoms with Crippen LogP contribution in [-0.2, 0) is 20.9 Å². The van der Waals surface area contributed by atoms with Crippen LogP contribution in [0.3, 0.4) is 0 Å². The number of para-hydroxylation sites is 1. The highest BCUT2D eigenvalue weighted by atomic mass is 16.5. The van der Waals surface area contributed by atoms with E-state index in [0.29, 0.717) is 26.3 Å². The maximum Gasteiger partial charge on any atom is 0.238 e. The number of nitrogens with zero attached hydrogens (tertiary/aromatic N) is 2. The van der Waals surface area contributed by atoms with Gasteiger partial charge in [-0.15, -0.1) is 0 Å². The average Bonchev–Trinajstić information content (AvgIpc) is 2.50. The molecule has 6 heteroatoms. The molecule has 0 aromatic heterocycles. The Kier molecular flexibility index (Phi) is 5.91. The van der Waals surface area contributed by atoms with Crippen molar-refractivity contribution in [3.05, 3.63) is 29.8 Å². The number of carbonyl (C=O) groups is 2. The number of ether oxygens (including phenoxy) is 1. The van der Waals surface area contributed by atoms with E-state index in [1.165, 1.54) is 6.92 Å². The van der Waals surface area contributed by atoms with Gasteiger partial charge in [-0.2, -0.15) is 0 Å². The molecular weight excluding hydrogens is 282 g/mol. The standard InChI is InChI=1S/C16H23N3O3/c1-13(20)18(2)11-14-5-3-4-6-15(14)17-16(21)12-19-7-9-22-10-8-19/h3-6H,7-12H2,1-2H3,(H,17,21). The molecule has 22 heavy (non-hydrogen) atoms. The number of carbonyl (C=O) groups excluding carboxylic acids is 2. The van der Waals surface area contributed by atoms with Crippen molar-refractivity contribution in [2.24, 2.45) is 0 Å². The van der Waals surface area contributed by atoms with Crippen LogP contribution in [0.5, 0.6) is 0 Å². The van der Waals surface area contributed by atoms with Crippen LogP contribution in [-0.4, -0.2) is 61.5 Å². The van der Waals surface area contributed by atoms with Gasteiger partial charge in [-0.3, -0.25) is 14.5 Å². The van der Waals surface area contributed by atoms with Gasteiger partial charge in [0, 0.05) is 39.3 Å². The molecule has 1 fully saturated rings. The second-order valence-electron chi connectivity index (χ2n) is 5.47. The smallest absolute Gasteiger partial charge is 0.238 e. The topological polar surface area (TPSA) is 61.9 Å². The highest BCUT2D eigenvalue weighted by Gasteiger charge is 2.15. The third kappa shape index (κ3) is 4.82. The minimum absolute atomic E-state index is 0.00514. The van der Waals surface area contributed by atoms with Gasteiger partial charge in [-0.25, -0.2) is 0 Å². The fourth-order valence-electron chi connectivity index (χ4n) is 2.30. The first-order valence-electron chi connectivity index (χ1n) is 7.46. The van der Waals surface area contributed by atoms with Gasteiger partial charge in [-0.05, 0) is 11.6 Å². The van der Waals surface area contributed by atoms with Gasteiger partial charge >= 0.3 is 0 Å². The number of amides is 2. The lowest BCUT2D eigenvalue weighted by molar-refractivity contribution is -0.128. The van der Waals surface area contributed by atoms with Crippen LogP contribution in [0.1, 0.15) is 12.5 Å². The van der Waals surface area contributed by atoms with Crippen molar-refractivity contribution >= 4 is 17.5 Å². The van der Waals surface area contributed by atoms with Crippen LogP contribution >= 0.6 is 0 Å². The number of hydrogen-bond donors (Lipinski definition) is 1. The number of rotatable bonds is 5. The number of morpholine rings is 1. The Morgan fingerprint density at radius 3 is 2.64 bits per heavy atom. The zero-order valence-corrected chi connectivity index (χ0v) is 13.2. The van der Waals surface area contributed by atoms with E-state index in [4.69, 9.17) is 4.74 Å². The summed E-state index contributed by atoms with van der Waals surface area (Å²) in [5, 5.41) is 2.94. The van der Waals surface area contributed by atoms with Gasteiger partial charge < -0.3 is 15.0 Å². The van der Waals surface area contributed by atoms with Gasteiger partial charge in [0.2, 0.25) is 11.8 Å². The van der Waals surface area contributed by atoms with Crippen molar-refractivity contribution in [2.45, 2.75) is 13.5 Å². The maximum atomic E-state index is 12.2. The predicted octanol–water partition coefficient (Wildman–Crippen LogP) is 0.936. The van der Waals surface area contributed by atoms with Gasteiger partial charge in [-0.1, -0.05) is 18.2 Å². The third-order valence-corrected chi connectivity index (χ3v) is 3.71. The van der Waals surface area contributed by atoms with E-state index in [2.05, 4.69) is 10.2 Å². The van der Waals surface area contributed by atoms with Gasteiger partial charge in [0.05, 0.1) is 19.8 Å². The Hall–Kier alpha value is -1.92. The van der Waals surface area contributed by atoms with Crippen LogP contribution in [0.2, 0.25) is 0 Å². The van der Waals surface area contributed by atoms with Crippen LogP contribution in [0.15, 0.2) is 24.3 Å². The Balaban J connectivity index is 1.96. The van der Waals surface area contributed by atoms with E-state index in [1.54, 1.807) is 11.9 Å². The highest BCUT2D eigenvalue weighted by Crippen LogP contribution is 2.17. The first-order valence-corrected chi connectivity index (χ1v) is 7.46. The first-order chi connectivity index (χ1) is 10.6. The molecule has 2 rings (SSSR count). The summed E-state index contributed by atoms with van der Waals surface area (Å²) < 4.78 is 5.27. The van der Waals surface area contributed by atoms with Crippen LogP contribution < -0.4 is 5.32 Å². The normalized spacial score (nSPS) is 15.4. The number of nitrogens with one attached hydrogen (secondary N) is 1. The minimum atomic E-state index is -0.0418. The van der Waals surface area contributed by atoms with Crippen LogP contribution in [0.4, 0.5) is 5.69 Å². The van der Waals surface area contributed by atoms with Crippen molar-refractivity contribution in [2.75, 3.05) is 45.2 Å². The van der Waals surface area contributed by atoms with E-state index in [9.17, 15) is 9.59 Å². The molecule has 6 nitrogen and oxygen atoms in total. The minimum Gasteiger partial charge on any atom is -0.379 e. The quantitative estimate of drug-likeness (QED) is 0.879. The molecule has 2 amide bonds. The third-order valence-electron chi connectivity index (χ3n) is 3.71. The Morgan fingerprint density at radius 1 is 1.27 bits per heavy atom. The first kappa shape index (κ1) is 16.5. The van der Waals surface area contributed by atoms with Crippen molar-refractivity contribution in [3.8, 4) is 0 Å². The fraction of sp³-hybridized carbons (Fsp3) is 0.500. The van der Waals surface area contributed by atoms with Crippen LogP contribution in [0.25, 0.3) is 0 Å². The summed E-state index contributed by atoms with van der Waals surface area (Å²) >= 11 is 0. The number of hydrogen-bond acceptors (Lipinski definition) is 4. The number of benzene rings is 1. The lowest BCUT2D eigenvalue weighted by atomic mass is 10.1. The van der Waals surface area contributed by atoms with Gasteiger partial charge in [0.25, 0.3) is 0 Å². The SMILES string of the molecule is CC(=O)N(C)Cc1ccccc1NC(=O)CN1CCOCC1. The molecule has 1 heterocycles. The van der Waals surface area contributed by atoms with Crippen molar-refractivity contribution in [1.29, 1.82) is 0 Å². The lowest BCUT2D eigenvalue weighted by Crippen LogP contribution is -2.41. The van der Waals surface area contributed by atoms with Gasteiger partial charge in [0.15, 0.2) is 0 Å². The molecule has 0 saturated carbocycles. The summed E-state index contributed by atoms with van der Waals surface area (Å²) in [6.45, 7) is 5.27. The van der Waals surface area contributed by atoms with Crippen LogP contribution in [0, 0.1) is 0 Å². The summed E-state index contributed by atoms with van der Waals surface area (Å²) in [4.78, 5) is 27.2. The highest BCUT2D eigenvalue weighted by molar-refractivity contribution is 5.93. The second kappa shape index (κ2) is 7.91. The van der Waals surface area contributed by atoms with Crippen molar-refractivity contribution < 1.29 is 14.3 Å². The zero-order chi connectivity index (χ0) is 15.9. The fourth-order valence-corrected chi connectivity index (χ4v) is 2.30. The summed E-state index contributed by atoms with van der Waals surface area (Å²) in [5.41, 5.74) is 1.68. The lowest BCUT2D eigenvalue weighted by Gasteiger charge is -2.26. The average molecular weight is 305 g/mol. The largest absolute Gasteiger partial charge is 0.379 e. The van der Waals surface area contributed by atoms with Crippen molar-refractivity contribution in [3.63, 3.8) is 0 Å². The number of anilines is 1. The predicted molar refractivity (Wildman–Crippen MR) is 84.5 cm³/mol. The molecule has 1 aliphatic rings. The molecule has 0 radical (unpaired) electrons. The molecular formula is C16H23N3O3. The van der Waals surface area contributed by atoms with E-state index < -0.39 is 0 Å². The Bertz CT molecular complexity index is 527. The summed E-state index contributed by atoms with van der Waals surface area (Å²) in [6, 6.07) is 7.56. The molecule has 1 N–H and O–H groups in total. The molecule has 0 aliphatic carbocycles. The molecule has 0 bridgehead atoms. The molecule has 1 aliphatic heterocycles. The molecule has 1 aromatic carbocycles. The summed E-state index contributed by atoms with van der Waals surface area (Å²) in [6.07, 6.45) is 0. The monoisotopic (exact) mass is 305 g/mol. The summed E-state index contributed by atoms with van der Waals surface area (Å²) in [7, 11) is 1.74. The molecule has 1 saturated heterocycles. The zero-order valence-electron chi connectivity index (χ0n) is 13.2. The van der Waals surface area contributed by atoms with E-state index in [0.717, 1.165) is 24.3 Å². The van der Waals surface area contributed by atoms with Crippen molar-refractivity contribution in [1.82, 2.24) is 9.80 Å². The molecule has 0 atom stereocenters. The molecule has 120 valence electrons. The van der Waals surface area contributed by atoms with Gasteiger partial charge in [0.1, 0.15) is 0 Å². The van der Waals surface area contributed by atoms with E-state index in [1.807, 2.05) is 24.3 Å². The van der Waals surface area contributed by atoms with E-state index in [-0.39, 0.29) is 11.8 Å². The second-order valence-corrected chi connectivity index (χ2v) is 5.47. The molecule has 0 spiro atoms. The molecule has 1 aromatic rings. The Labute approximate surface area is 131 Å². The molecule has 0 unspecified atom stereocenters.